The minimum absolute atomic E-state index is 0.0492. The lowest BCUT2D eigenvalue weighted by atomic mass is 10.2. The van der Waals surface area contributed by atoms with E-state index in [-0.39, 0.29) is 11.4 Å². The van der Waals surface area contributed by atoms with Crippen LogP contribution in [0.1, 0.15) is 11.1 Å². The minimum atomic E-state index is -0.464. The summed E-state index contributed by atoms with van der Waals surface area (Å²) in [5.41, 5.74) is 0.995. The third kappa shape index (κ3) is 2.69. The number of hydrogen-bond donors (Lipinski definition) is 0. The van der Waals surface area contributed by atoms with Gasteiger partial charge in [-0.05, 0) is 37.3 Å². The average Bonchev–Trinajstić information content (AvgIpc) is 2.39. The number of nitro benzene ring substituents is 1. The van der Waals surface area contributed by atoms with Crippen molar-refractivity contribution < 1.29 is 9.66 Å². The Morgan fingerprint density at radius 2 is 1.89 bits per heavy atom. The number of para-hydroxylation sites is 1. The van der Waals surface area contributed by atoms with Gasteiger partial charge in [0.2, 0.25) is 5.75 Å². The van der Waals surface area contributed by atoms with Crippen LogP contribution in [0.15, 0.2) is 42.5 Å². The number of benzene rings is 2. The summed E-state index contributed by atoms with van der Waals surface area (Å²) < 4.78 is 5.50. The summed E-state index contributed by atoms with van der Waals surface area (Å²) in [6.07, 6.45) is 0. The quantitative estimate of drug-likeness (QED) is 0.619. The maximum atomic E-state index is 11.0. The van der Waals surface area contributed by atoms with Gasteiger partial charge in [0.1, 0.15) is 5.75 Å². The summed E-state index contributed by atoms with van der Waals surface area (Å²) in [4.78, 5) is 10.6. The maximum Gasteiger partial charge on any atom is 0.314 e. The maximum absolute atomic E-state index is 11.0. The van der Waals surface area contributed by atoms with Gasteiger partial charge in [-0.25, -0.2) is 0 Å². The first kappa shape index (κ1) is 12.6. The van der Waals surface area contributed by atoms with Gasteiger partial charge in [-0.1, -0.05) is 12.1 Å². The number of hydrogen-bond acceptors (Lipinski definition) is 4. The van der Waals surface area contributed by atoms with Crippen LogP contribution in [0.4, 0.5) is 5.69 Å². The molecule has 0 aliphatic carbocycles. The monoisotopic (exact) mass is 254 g/mol. The molecule has 0 amide bonds. The molecule has 0 atom stereocenters. The van der Waals surface area contributed by atoms with E-state index in [0.717, 1.165) is 0 Å². The van der Waals surface area contributed by atoms with Crippen molar-refractivity contribution in [3.63, 3.8) is 0 Å². The van der Waals surface area contributed by atoms with Crippen LogP contribution in [0.25, 0.3) is 0 Å². The summed E-state index contributed by atoms with van der Waals surface area (Å²) in [6.45, 7) is 1.66. The standard InChI is InChI=1S/C14H10N2O3/c1-10-3-2-4-13(14(10)16(17)18)19-12-7-5-11(9-15)6-8-12/h2-8H,1H3. The Balaban J connectivity index is 2.35. The minimum Gasteiger partial charge on any atom is -0.450 e. The van der Waals surface area contributed by atoms with Crippen LogP contribution in [-0.2, 0) is 0 Å². The number of ether oxygens (including phenoxy) is 1. The summed E-state index contributed by atoms with van der Waals surface area (Å²) in [5.74, 6) is 0.641. The fourth-order valence-electron chi connectivity index (χ4n) is 1.67. The van der Waals surface area contributed by atoms with E-state index in [1.165, 1.54) is 0 Å². The van der Waals surface area contributed by atoms with E-state index >= 15 is 0 Å². The van der Waals surface area contributed by atoms with Crippen LogP contribution in [0.3, 0.4) is 0 Å². The van der Waals surface area contributed by atoms with Crippen molar-refractivity contribution in [1.82, 2.24) is 0 Å². The van der Waals surface area contributed by atoms with E-state index < -0.39 is 4.92 Å². The van der Waals surface area contributed by atoms with Crippen LogP contribution in [0.2, 0.25) is 0 Å². The van der Waals surface area contributed by atoms with Crippen molar-refractivity contribution in [2.45, 2.75) is 6.92 Å². The first-order valence-corrected chi connectivity index (χ1v) is 5.54. The van der Waals surface area contributed by atoms with Crippen LogP contribution < -0.4 is 4.74 Å². The lowest BCUT2D eigenvalue weighted by Crippen LogP contribution is -1.95. The van der Waals surface area contributed by atoms with Gasteiger partial charge in [0, 0.05) is 5.56 Å². The number of nitrogens with zero attached hydrogens (tertiary/aromatic N) is 2. The summed E-state index contributed by atoms with van der Waals surface area (Å²) >= 11 is 0. The molecule has 0 saturated carbocycles. The molecule has 0 aromatic heterocycles. The Morgan fingerprint density at radius 1 is 1.21 bits per heavy atom. The van der Waals surface area contributed by atoms with Crippen molar-refractivity contribution in [1.29, 1.82) is 5.26 Å². The van der Waals surface area contributed by atoms with Crippen molar-refractivity contribution in [3.05, 3.63) is 63.7 Å². The molecule has 5 nitrogen and oxygen atoms in total. The average molecular weight is 254 g/mol. The van der Waals surface area contributed by atoms with Gasteiger partial charge >= 0.3 is 5.69 Å². The molecule has 19 heavy (non-hydrogen) atoms. The fourth-order valence-corrected chi connectivity index (χ4v) is 1.67. The number of rotatable bonds is 3. The Kier molecular flexibility index (Phi) is 3.44. The third-order valence-corrected chi connectivity index (χ3v) is 2.59. The molecule has 0 bridgehead atoms. The zero-order valence-corrected chi connectivity index (χ0v) is 10.2. The van der Waals surface area contributed by atoms with Crippen molar-refractivity contribution in [3.8, 4) is 17.6 Å². The molecule has 0 heterocycles. The summed E-state index contributed by atoms with van der Waals surface area (Å²) in [5, 5.41) is 19.7. The first-order valence-electron chi connectivity index (χ1n) is 5.54. The molecule has 2 aromatic rings. The molecule has 0 spiro atoms. The number of nitro groups is 1. The molecule has 94 valence electrons. The fraction of sp³-hybridized carbons (Fsp3) is 0.0714. The van der Waals surface area contributed by atoms with Crippen LogP contribution in [0.5, 0.6) is 11.5 Å². The summed E-state index contributed by atoms with van der Waals surface area (Å²) in [7, 11) is 0. The predicted molar refractivity (Wildman–Crippen MR) is 69.1 cm³/mol. The van der Waals surface area contributed by atoms with Gasteiger partial charge in [-0.15, -0.1) is 0 Å². The normalized spacial score (nSPS) is 9.68. The Morgan fingerprint density at radius 3 is 2.47 bits per heavy atom. The Bertz CT molecular complexity index is 657. The van der Waals surface area contributed by atoms with E-state index in [1.54, 1.807) is 49.4 Å². The SMILES string of the molecule is Cc1cccc(Oc2ccc(C#N)cc2)c1[N+](=O)[O-]. The Hall–Kier alpha value is -2.87. The highest BCUT2D eigenvalue weighted by molar-refractivity contribution is 5.53. The molecule has 0 aliphatic heterocycles. The second-order valence-electron chi connectivity index (χ2n) is 3.92. The predicted octanol–water partition coefficient (Wildman–Crippen LogP) is 3.57. The number of nitriles is 1. The van der Waals surface area contributed by atoms with Gasteiger partial charge in [0.15, 0.2) is 0 Å². The van der Waals surface area contributed by atoms with Gasteiger partial charge in [0.05, 0.1) is 16.6 Å². The zero-order valence-electron chi connectivity index (χ0n) is 10.2. The molecule has 5 heteroatoms. The van der Waals surface area contributed by atoms with Gasteiger partial charge in [-0.3, -0.25) is 10.1 Å². The molecule has 2 rings (SSSR count). The second-order valence-corrected chi connectivity index (χ2v) is 3.92. The lowest BCUT2D eigenvalue weighted by Gasteiger charge is -2.07. The molecule has 0 aliphatic rings. The number of aryl methyl sites for hydroxylation is 1. The topological polar surface area (TPSA) is 76.2 Å². The first-order chi connectivity index (χ1) is 9.11. The lowest BCUT2D eigenvalue weighted by molar-refractivity contribution is -0.386. The van der Waals surface area contributed by atoms with Gasteiger partial charge in [-0.2, -0.15) is 5.26 Å². The van der Waals surface area contributed by atoms with Crippen LogP contribution >= 0.6 is 0 Å². The largest absolute Gasteiger partial charge is 0.450 e. The summed E-state index contributed by atoms with van der Waals surface area (Å²) in [6, 6.07) is 13.3. The van der Waals surface area contributed by atoms with E-state index in [9.17, 15) is 10.1 Å². The molecule has 0 fully saturated rings. The molecule has 2 aromatic carbocycles. The van der Waals surface area contributed by atoms with E-state index in [0.29, 0.717) is 16.9 Å². The van der Waals surface area contributed by atoms with Crippen LogP contribution in [0, 0.1) is 28.4 Å². The molecule has 0 radical (unpaired) electrons. The second kappa shape index (κ2) is 5.19. The Labute approximate surface area is 109 Å². The van der Waals surface area contributed by atoms with Crippen molar-refractivity contribution in [2.75, 3.05) is 0 Å². The molecule has 0 unspecified atom stereocenters. The van der Waals surface area contributed by atoms with E-state index in [1.807, 2.05) is 6.07 Å². The van der Waals surface area contributed by atoms with Crippen molar-refractivity contribution >= 4 is 5.69 Å². The smallest absolute Gasteiger partial charge is 0.314 e. The van der Waals surface area contributed by atoms with Crippen molar-refractivity contribution in [2.24, 2.45) is 0 Å². The highest BCUT2D eigenvalue weighted by Crippen LogP contribution is 2.33. The molecule has 0 N–H and O–H groups in total. The van der Waals surface area contributed by atoms with E-state index in [4.69, 9.17) is 10.00 Å². The molecular formula is C14H10N2O3. The van der Waals surface area contributed by atoms with E-state index in [2.05, 4.69) is 0 Å². The zero-order chi connectivity index (χ0) is 13.8. The highest BCUT2D eigenvalue weighted by Gasteiger charge is 2.18. The molecule has 0 saturated heterocycles. The van der Waals surface area contributed by atoms with Gasteiger partial charge in [0.25, 0.3) is 0 Å². The van der Waals surface area contributed by atoms with Gasteiger partial charge < -0.3 is 4.74 Å². The highest BCUT2D eigenvalue weighted by atomic mass is 16.6. The molecular weight excluding hydrogens is 244 g/mol. The third-order valence-electron chi connectivity index (χ3n) is 2.59. The van der Waals surface area contributed by atoms with Crippen LogP contribution in [-0.4, -0.2) is 4.92 Å².